The highest BCUT2D eigenvalue weighted by molar-refractivity contribution is 5.85. The molecule has 1 aliphatic carbocycles. The van der Waals surface area contributed by atoms with Crippen LogP contribution in [0.4, 0.5) is 0 Å². The van der Waals surface area contributed by atoms with E-state index in [0.717, 1.165) is 12.8 Å². The van der Waals surface area contributed by atoms with Gasteiger partial charge in [0.05, 0.1) is 23.8 Å². The van der Waals surface area contributed by atoms with E-state index in [1.807, 2.05) is 0 Å². The van der Waals surface area contributed by atoms with Crippen molar-refractivity contribution >= 4 is 22.7 Å². The summed E-state index contributed by atoms with van der Waals surface area (Å²) >= 11 is 0. The van der Waals surface area contributed by atoms with Crippen molar-refractivity contribution in [1.82, 2.24) is 20.2 Å². The number of para-hydroxylation sites is 1. The van der Waals surface area contributed by atoms with Gasteiger partial charge in [-0.3, -0.25) is 19.0 Å². The summed E-state index contributed by atoms with van der Waals surface area (Å²) in [6.07, 6.45) is 4.64. The first-order valence-corrected chi connectivity index (χ1v) is 9.46. The van der Waals surface area contributed by atoms with Crippen molar-refractivity contribution in [2.75, 3.05) is 6.54 Å². The Hall–Kier alpha value is -2.70. The topological polar surface area (TPSA) is 93.1 Å². The zero-order chi connectivity index (χ0) is 19.4. The molecule has 27 heavy (non-hydrogen) atoms. The van der Waals surface area contributed by atoms with Crippen molar-refractivity contribution in [2.45, 2.75) is 45.7 Å². The van der Waals surface area contributed by atoms with E-state index < -0.39 is 5.91 Å². The second-order valence-corrected chi connectivity index (χ2v) is 7.41. The van der Waals surface area contributed by atoms with E-state index in [9.17, 15) is 14.4 Å². The summed E-state index contributed by atoms with van der Waals surface area (Å²) in [4.78, 5) is 40.9. The standard InChI is InChI=1S/C20H26N4O3/c1-13-6-5-9-16(14(13)2)23-18(25)10-21-19(26)11-24-12-22-17-8-4-3-7-15(17)20(24)27/h3-4,7-8,12-14,16H,5-6,9-11H2,1-2H3,(H,21,26)(H,23,25)/t13-,14+,16+/m1/s1. The smallest absolute Gasteiger partial charge is 0.261 e. The molecule has 7 nitrogen and oxygen atoms in total. The third-order valence-corrected chi connectivity index (χ3v) is 5.54. The summed E-state index contributed by atoms with van der Waals surface area (Å²) in [7, 11) is 0. The molecule has 3 rings (SSSR count). The monoisotopic (exact) mass is 370 g/mol. The van der Waals surface area contributed by atoms with E-state index in [0.29, 0.717) is 22.7 Å². The number of fused-ring (bicyclic) bond motifs is 1. The van der Waals surface area contributed by atoms with E-state index >= 15 is 0 Å². The highest BCUT2D eigenvalue weighted by Crippen LogP contribution is 2.29. The number of carbonyl (C=O) groups excluding carboxylic acids is 2. The van der Waals surface area contributed by atoms with E-state index in [1.165, 1.54) is 17.3 Å². The minimum Gasteiger partial charge on any atom is -0.352 e. The zero-order valence-electron chi connectivity index (χ0n) is 15.8. The Kier molecular flexibility index (Phi) is 5.88. The Morgan fingerprint density at radius 2 is 1.96 bits per heavy atom. The van der Waals surface area contributed by atoms with E-state index in [2.05, 4.69) is 29.5 Å². The first kappa shape index (κ1) is 19.1. The van der Waals surface area contributed by atoms with Crippen LogP contribution >= 0.6 is 0 Å². The van der Waals surface area contributed by atoms with Gasteiger partial charge in [0.2, 0.25) is 11.8 Å². The van der Waals surface area contributed by atoms with Gasteiger partial charge in [-0.25, -0.2) is 4.98 Å². The Morgan fingerprint density at radius 1 is 1.19 bits per heavy atom. The number of nitrogens with one attached hydrogen (secondary N) is 2. The van der Waals surface area contributed by atoms with Crippen LogP contribution in [0.15, 0.2) is 35.4 Å². The molecule has 2 amide bonds. The van der Waals surface area contributed by atoms with Crippen molar-refractivity contribution < 1.29 is 9.59 Å². The zero-order valence-corrected chi connectivity index (χ0v) is 15.8. The highest BCUT2D eigenvalue weighted by atomic mass is 16.2. The maximum atomic E-state index is 12.4. The molecule has 144 valence electrons. The van der Waals surface area contributed by atoms with Crippen LogP contribution in [0.5, 0.6) is 0 Å². The number of nitrogens with zero attached hydrogens (tertiary/aromatic N) is 2. The average Bonchev–Trinajstić information content (AvgIpc) is 2.66. The lowest BCUT2D eigenvalue weighted by molar-refractivity contribution is -0.127. The van der Waals surface area contributed by atoms with Gasteiger partial charge < -0.3 is 10.6 Å². The lowest BCUT2D eigenvalue weighted by Crippen LogP contribution is -2.47. The molecule has 0 bridgehead atoms. The molecule has 2 aromatic rings. The van der Waals surface area contributed by atoms with E-state index in [4.69, 9.17) is 0 Å². The molecule has 0 spiro atoms. The van der Waals surface area contributed by atoms with Crippen LogP contribution in [-0.2, 0) is 16.1 Å². The molecule has 0 unspecified atom stereocenters. The first-order valence-electron chi connectivity index (χ1n) is 9.46. The molecule has 2 N–H and O–H groups in total. The van der Waals surface area contributed by atoms with Crippen molar-refractivity contribution in [3.05, 3.63) is 40.9 Å². The lowest BCUT2D eigenvalue weighted by atomic mass is 9.78. The largest absolute Gasteiger partial charge is 0.352 e. The third-order valence-electron chi connectivity index (χ3n) is 5.54. The molecule has 7 heteroatoms. The minimum absolute atomic E-state index is 0.0911. The Labute approximate surface area is 158 Å². The second kappa shape index (κ2) is 8.33. The van der Waals surface area contributed by atoms with Gasteiger partial charge >= 0.3 is 0 Å². The number of aromatic nitrogens is 2. The van der Waals surface area contributed by atoms with Crippen LogP contribution in [0.2, 0.25) is 0 Å². The molecule has 0 aliphatic heterocycles. The molecule has 1 aromatic heterocycles. The lowest BCUT2D eigenvalue weighted by Gasteiger charge is -2.34. The van der Waals surface area contributed by atoms with Crippen LogP contribution in [0.25, 0.3) is 10.9 Å². The third kappa shape index (κ3) is 4.53. The van der Waals surface area contributed by atoms with E-state index in [-0.39, 0.29) is 30.6 Å². The van der Waals surface area contributed by atoms with Crippen LogP contribution in [0.3, 0.4) is 0 Å². The molecule has 1 saturated carbocycles. The van der Waals surface area contributed by atoms with Crippen molar-refractivity contribution in [3.8, 4) is 0 Å². The van der Waals surface area contributed by atoms with Crippen LogP contribution in [0, 0.1) is 11.8 Å². The van der Waals surface area contributed by atoms with Crippen molar-refractivity contribution in [1.29, 1.82) is 0 Å². The van der Waals surface area contributed by atoms with Crippen molar-refractivity contribution in [2.24, 2.45) is 11.8 Å². The van der Waals surface area contributed by atoms with Crippen LogP contribution < -0.4 is 16.2 Å². The van der Waals surface area contributed by atoms with Gasteiger partial charge in [0, 0.05) is 6.04 Å². The fourth-order valence-electron chi connectivity index (χ4n) is 3.65. The number of rotatable bonds is 5. The molecular formula is C20H26N4O3. The predicted octanol–water partition coefficient (Wildman–Crippen LogP) is 1.45. The summed E-state index contributed by atoms with van der Waals surface area (Å²) in [6, 6.07) is 7.15. The molecule has 0 radical (unpaired) electrons. The maximum Gasteiger partial charge on any atom is 0.261 e. The summed E-state index contributed by atoms with van der Waals surface area (Å²) in [5.74, 6) is 0.430. The summed E-state index contributed by atoms with van der Waals surface area (Å²) in [5, 5.41) is 6.07. The molecule has 1 heterocycles. The van der Waals surface area contributed by atoms with E-state index in [1.54, 1.807) is 24.3 Å². The molecule has 1 aliphatic rings. The normalized spacial score (nSPS) is 22.4. The van der Waals surface area contributed by atoms with Gasteiger partial charge in [-0.1, -0.05) is 38.8 Å². The quantitative estimate of drug-likeness (QED) is 0.833. The summed E-state index contributed by atoms with van der Waals surface area (Å²) < 4.78 is 1.25. The summed E-state index contributed by atoms with van der Waals surface area (Å²) in [6.45, 7) is 4.11. The molecule has 3 atom stereocenters. The van der Waals surface area contributed by atoms with Crippen LogP contribution in [-0.4, -0.2) is 34.0 Å². The van der Waals surface area contributed by atoms with Gasteiger partial charge in [0.25, 0.3) is 5.56 Å². The number of benzene rings is 1. The Balaban J connectivity index is 1.53. The summed E-state index contributed by atoms with van der Waals surface area (Å²) in [5.41, 5.74) is 0.319. The van der Waals surface area contributed by atoms with Gasteiger partial charge in [0.15, 0.2) is 0 Å². The van der Waals surface area contributed by atoms with Gasteiger partial charge in [-0.15, -0.1) is 0 Å². The number of hydrogen-bond acceptors (Lipinski definition) is 4. The molecule has 1 aromatic carbocycles. The van der Waals surface area contributed by atoms with Gasteiger partial charge in [-0.2, -0.15) is 0 Å². The maximum absolute atomic E-state index is 12.4. The molecule has 1 fully saturated rings. The van der Waals surface area contributed by atoms with Gasteiger partial charge in [0.1, 0.15) is 6.54 Å². The highest BCUT2D eigenvalue weighted by Gasteiger charge is 2.28. The minimum atomic E-state index is -0.394. The van der Waals surface area contributed by atoms with Crippen molar-refractivity contribution in [3.63, 3.8) is 0 Å². The van der Waals surface area contributed by atoms with Crippen LogP contribution in [0.1, 0.15) is 33.1 Å². The fourth-order valence-corrected chi connectivity index (χ4v) is 3.65. The Bertz CT molecular complexity index is 892. The number of carbonyl (C=O) groups is 2. The Morgan fingerprint density at radius 3 is 2.78 bits per heavy atom. The predicted molar refractivity (Wildman–Crippen MR) is 103 cm³/mol. The first-order chi connectivity index (χ1) is 13.0. The SMILES string of the molecule is C[C@H]1[C@H](C)CCC[C@@H]1NC(=O)CNC(=O)Cn1cnc2ccccc2c1=O. The van der Waals surface area contributed by atoms with Gasteiger partial charge in [-0.05, 0) is 30.4 Å². The average molecular weight is 370 g/mol. The number of amides is 2. The number of hydrogen-bond donors (Lipinski definition) is 2. The second-order valence-electron chi connectivity index (χ2n) is 7.41. The molecular weight excluding hydrogens is 344 g/mol. The molecule has 0 saturated heterocycles. The fraction of sp³-hybridized carbons (Fsp3) is 0.500.